The summed E-state index contributed by atoms with van der Waals surface area (Å²) in [7, 11) is 0. The van der Waals surface area contributed by atoms with E-state index < -0.39 is 0 Å². The zero-order valence-electron chi connectivity index (χ0n) is 11.5. The smallest absolute Gasteiger partial charge is 0.239 e. The average Bonchev–Trinajstić information content (AvgIpc) is 2.78. The molecule has 1 aliphatic carbocycles. The Hall–Kier alpha value is -0.220. The SMILES string of the molecule is CCN(CC)C(=O)C(C)NC1CCC(SC)C1. The van der Waals surface area contributed by atoms with Gasteiger partial charge in [-0.25, -0.2) is 0 Å². The number of nitrogens with one attached hydrogen (secondary N) is 1. The van der Waals surface area contributed by atoms with Gasteiger partial charge < -0.3 is 10.2 Å². The highest BCUT2D eigenvalue weighted by Crippen LogP contribution is 2.28. The van der Waals surface area contributed by atoms with E-state index in [1.807, 2.05) is 37.4 Å². The Morgan fingerprint density at radius 2 is 2.06 bits per heavy atom. The van der Waals surface area contributed by atoms with Crippen LogP contribution in [0.5, 0.6) is 0 Å². The third kappa shape index (κ3) is 4.18. The van der Waals surface area contributed by atoms with Gasteiger partial charge in [0, 0.05) is 24.4 Å². The summed E-state index contributed by atoms with van der Waals surface area (Å²) >= 11 is 1.95. The van der Waals surface area contributed by atoms with Gasteiger partial charge in [-0.05, 0) is 46.3 Å². The molecule has 100 valence electrons. The highest BCUT2D eigenvalue weighted by molar-refractivity contribution is 7.99. The Labute approximate surface area is 110 Å². The topological polar surface area (TPSA) is 32.3 Å². The Kier molecular flexibility index (Phi) is 6.34. The highest BCUT2D eigenvalue weighted by atomic mass is 32.2. The van der Waals surface area contributed by atoms with Gasteiger partial charge in [-0.2, -0.15) is 11.8 Å². The van der Waals surface area contributed by atoms with E-state index in [1.165, 1.54) is 19.3 Å². The molecule has 1 fully saturated rings. The summed E-state index contributed by atoms with van der Waals surface area (Å²) in [5.74, 6) is 0.239. The summed E-state index contributed by atoms with van der Waals surface area (Å²) in [6, 6.07) is 0.488. The van der Waals surface area contributed by atoms with Crippen LogP contribution in [0.25, 0.3) is 0 Å². The van der Waals surface area contributed by atoms with Crippen LogP contribution in [0.1, 0.15) is 40.0 Å². The molecule has 3 unspecified atom stereocenters. The summed E-state index contributed by atoms with van der Waals surface area (Å²) in [4.78, 5) is 14.0. The Balaban J connectivity index is 2.38. The molecule has 0 aliphatic heterocycles. The number of amides is 1. The predicted octanol–water partition coefficient (Wildman–Crippen LogP) is 2.12. The van der Waals surface area contributed by atoms with Gasteiger partial charge in [-0.3, -0.25) is 4.79 Å². The number of likely N-dealkylation sites (N-methyl/N-ethyl adjacent to an activating group) is 1. The molecule has 0 aromatic carbocycles. The molecule has 4 heteroatoms. The van der Waals surface area contributed by atoms with E-state index in [-0.39, 0.29) is 11.9 Å². The zero-order valence-corrected chi connectivity index (χ0v) is 12.3. The van der Waals surface area contributed by atoms with Gasteiger partial charge >= 0.3 is 0 Å². The van der Waals surface area contributed by atoms with Gasteiger partial charge in [0.2, 0.25) is 5.91 Å². The van der Waals surface area contributed by atoms with E-state index in [2.05, 4.69) is 11.6 Å². The average molecular weight is 258 g/mol. The van der Waals surface area contributed by atoms with E-state index >= 15 is 0 Å². The molecule has 1 rings (SSSR count). The van der Waals surface area contributed by atoms with Crippen molar-refractivity contribution in [1.82, 2.24) is 10.2 Å². The second-order valence-electron chi connectivity index (χ2n) is 4.77. The molecule has 0 aromatic heterocycles. The molecule has 0 saturated heterocycles. The fourth-order valence-electron chi connectivity index (χ4n) is 2.54. The van der Waals surface area contributed by atoms with Crippen molar-refractivity contribution < 1.29 is 4.79 Å². The molecule has 1 aliphatic rings. The summed E-state index contributed by atoms with van der Waals surface area (Å²) < 4.78 is 0. The Morgan fingerprint density at radius 3 is 2.53 bits per heavy atom. The van der Waals surface area contributed by atoms with Gasteiger partial charge in [0.1, 0.15) is 0 Å². The molecular weight excluding hydrogens is 232 g/mol. The molecule has 1 N–H and O–H groups in total. The first-order valence-corrected chi connectivity index (χ1v) is 7.98. The van der Waals surface area contributed by atoms with Gasteiger partial charge in [0.05, 0.1) is 6.04 Å². The lowest BCUT2D eigenvalue weighted by molar-refractivity contribution is -0.132. The van der Waals surface area contributed by atoms with Crippen LogP contribution in [0.15, 0.2) is 0 Å². The van der Waals surface area contributed by atoms with Crippen molar-refractivity contribution in [3.63, 3.8) is 0 Å². The van der Waals surface area contributed by atoms with E-state index in [1.54, 1.807) is 0 Å². The maximum absolute atomic E-state index is 12.1. The lowest BCUT2D eigenvalue weighted by Gasteiger charge is -2.25. The van der Waals surface area contributed by atoms with Crippen molar-refractivity contribution in [2.24, 2.45) is 0 Å². The second kappa shape index (κ2) is 7.27. The molecule has 3 nitrogen and oxygen atoms in total. The molecule has 17 heavy (non-hydrogen) atoms. The van der Waals surface area contributed by atoms with Crippen LogP contribution in [0, 0.1) is 0 Å². The molecule has 0 spiro atoms. The minimum absolute atomic E-state index is 0.0412. The van der Waals surface area contributed by atoms with Crippen molar-refractivity contribution in [2.45, 2.75) is 57.4 Å². The molecule has 1 saturated carbocycles. The number of carbonyl (C=O) groups excluding carboxylic acids is 1. The first kappa shape index (κ1) is 14.8. The van der Waals surface area contributed by atoms with Crippen molar-refractivity contribution in [1.29, 1.82) is 0 Å². The fraction of sp³-hybridized carbons (Fsp3) is 0.923. The number of thioether (sulfide) groups is 1. The highest BCUT2D eigenvalue weighted by Gasteiger charge is 2.27. The number of hydrogen-bond donors (Lipinski definition) is 1. The van der Waals surface area contributed by atoms with Gasteiger partial charge in [-0.15, -0.1) is 0 Å². The van der Waals surface area contributed by atoms with Crippen LogP contribution in [-0.4, -0.2) is 47.5 Å². The summed E-state index contributed by atoms with van der Waals surface area (Å²) in [6.07, 6.45) is 5.88. The summed E-state index contributed by atoms with van der Waals surface area (Å²) in [5.41, 5.74) is 0. The standard InChI is InChI=1S/C13H26N2OS/c1-5-15(6-2)13(16)10(3)14-11-7-8-12(9-11)17-4/h10-12,14H,5-9H2,1-4H3. The van der Waals surface area contributed by atoms with Crippen molar-refractivity contribution in [2.75, 3.05) is 19.3 Å². The van der Waals surface area contributed by atoms with Crippen LogP contribution in [0.4, 0.5) is 0 Å². The van der Waals surface area contributed by atoms with E-state index in [4.69, 9.17) is 0 Å². The molecule has 3 atom stereocenters. The van der Waals surface area contributed by atoms with Crippen LogP contribution >= 0.6 is 11.8 Å². The fourth-order valence-corrected chi connectivity index (χ4v) is 3.34. The molecular formula is C13H26N2OS. The lowest BCUT2D eigenvalue weighted by Crippen LogP contribution is -2.47. The first-order chi connectivity index (χ1) is 8.12. The van der Waals surface area contributed by atoms with Gasteiger partial charge in [-0.1, -0.05) is 0 Å². The van der Waals surface area contributed by atoms with E-state index in [0.29, 0.717) is 6.04 Å². The normalized spacial score (nSPS) is 25.9. The van der Waals surface area contributed by atoms with E-state index in [0.717, 1.165) is 18.3 Å². The minimum atomic E-state index is -0.0412. The molecule has 0 aromatic rings. The maximum Gasteiger partial charge on any atom is 0.239 e. The van der Waals surface area contributed by atoms with Crippen LogP contribution in [0.2, 0.25) is 0 Å². The molecule has 0 bridgehead atoms. The first-order valence-electron chi connectivity index (χ1n) is 6.69. The van der Waals surface area contributed by atoms with Crippen LogP contribution in [0.3, 0.4) is 0 Å². The predicted molar refractivity (Wildman–Crippen MR) is 75.5 cm³/mol. The quantitative estimate of drug-likeness (QED) is 0.792. The van der Waals surface area contributed by atoms with Crippen molar-refractivity contribution in [3.8, 4) is 0 Å². The second-order valence-corrected chi connectivity index (χ2v) is 5.90. The Bertz CT molecular complexity index is 244. The van der Waals surface area contributed by atoms with Crippen LogP contribution in [-0.2, 0) is 4.79 Å². The molecule has 0 heterocycles. The minimum Gasteiger partial charge on any atom is -0.342 e. The monoisotopic (exact) mass is 258 g/mol. The summed E-state index contributed by atoms with van der Waals surface area (Å²) in [6.45, 7) is 7.67. The molecule has 1 amide bonds. The number of rotatable bonds is 6. The van der Waals surface area contributed by atoms with Crippen LogP contribution < -0.4 is 5.32 Å². The lowest BCUT2D eigenvalue weighted by atomic mass is 10.2. The van der Waals surface area contributed by atoms with Crippen molar-refractivity contribution in [3.05, 3.63) is 0 Å². The largest absolute Gasteiger partial charge is 0.342 e. The third-order valence-electron chi connectivity index (χ3n) is 3.65. The Morgan fingerprint density at radius 1 is 1.41 bits per heavy atom. The number of carbonyl (C=O) groups is 1. The third-order valence-corrected chi connectivity index (χ3v) is 4.74. The van der Waals surface area contributed by atoms with E-state index in [9.17, 15) is 4.79 Å². The zero-order chi connectivity index (χ0) is 12.8. The maximum atomic E-state index is 12.1. The summed E-state index contributed by atoms with van der Waals surface area (Å²) in [5, 5.41) is 4.27. The molecule has 0 radical (unpaired) electrons. The number of nitrogens with zero attached hydrogens (tertiary/aromatic N) is 1. The van der Waals surface area contributed by atoms with Gasteiger partial charge in [0.15, 0.2) is 0 Å². The van der Waals surface area contributed by atoms with Crippen molar-refractivity contribution >= 4 is 17.7 Å². The number of hydrogen-bond acceptors (Lipinski definition) is 3. The van der Waals surface area contributed by atoms with Gasteiger partial charge in [0.25, 0.3) is 0 Å².